The number of nitrogens with one attached hydrogen (secondary N) is 1. The Morgan fingerprint density at radius 3 is 2.67 bits per heavy atom. The molecule has 190 valence electrons. The molecule has 9 heteroatoms. The predicted molar refractivity (Wildman–Crippen MR) is 135 cm³/mol. The maximum atomic E-state index is 13.6. The highest BCUT2D eigenvalue weighted by atomic mass is 32.2. The molecule has 1 amide bonds. The van der Waals surface area contributed by atoms with Crippen LogP contribution in [0.3, 0.4) is 0 Å². The smallest absolute Gasteiger partial charge is 0.239 e. The molecule has 0 bridgehead atoms. The average Bonchev–Trinajstić information content (AvgIpc) is 2.93. The van der Waals surface area contributed by atoms with Gasteiger partial charge in [0.25, 0.3) is 0 Å². The zero-order chi connectivity index (χ0) is 24.1. The number of hydrogen-bond donors (Lipinski definition) is 3. The number of carbonyl (C=O) groups excluding carboxylic acids is 1. The number of hydrogen-bond acceptors (Lipinski definition) is 7. The van der Waals surface area contributed by atoms with Crippen LogP contribution in [0.15, 0.2) is 0 Å². The lowest BCUT2D eigenvalue weighted by atomic mass is 9.86. The lowest BCUT2D eigenvalue weighted by Gasteiger charge is -2.42. The van der Waals surface area contributed by atoms with E-state index in [9.17, 15) is 15.0 Å². The maximum Gasteiger partial charge on any atom is 0.239 e. The number of amides is 1. The van der Waals surface area contributed by atoms with Crippen LogP contribution in [0.5, 0.6) is 0 Å². The van der Waals surface area contributed by atoms with Gasteiger partial charge in [0, 0.05) is 13.0 Å². The van der Waals surface area contributed by atoms with Crippen LogP contribution in [0, 0.1) is 17.8 Å². The second kappa shape index (κ2) is 12.6. The molecule has 3 aliphatic heterocycles. The highest BCUT2D eigenvalue weighted by Gasteiger charge is 2.48. The van der Waals surface area contributed by atoms with Gasteiger partial charge in [-0.3, -0.25) is 4.79 Å². The van der Waals surface area contributed by atoms with E-state index in [-0.39, 0.29) is 41.9 Å². The van der Waals surface area contributed by atoms with Crippen molar-refractivity contribution in [2.75, 3.05) is 18.9 Å². The van der Waals surface area contributed by atoms with Crippen LogP contribution in [0.25, 0.3) is 0 Å². The Kier molecular flexibility index (Phi) is 10.4. The number of ether oxygens (including phenoxy) is 2. The molecule has 0 saturated carbocycles. The van der Waals surface area contributed by atoms with E-state index in [1.807, 2.05) is 28.8 Å². The third-order valence-electron chi connectivity index (χ3n) is 7.66. The molecule has 0 aromatic carbocycles. The monoisotopic (exact) mass is 484 g/mol. The van der Waals surface area contributed by atoms with Gasteiger partial charge in [-0.05, 0) is 42.9 Å². The minimum absolute atomic E-state index is 0.0441. The van der Waals surface area contributed by atoms with Crippen LogP contribution in [0.2, 0.25) is 0 Å². The zero-order valence-electron chi connectivity index (χ0n) is 21.1. The van der Waals surface area contributed by atoms with Gasteiger partial charge in [-0.25, -0.2) is 0 Å². The van der Waals surface area contributed by atoms with Crippen LogP contribution in [0.4, 0.5) is 0 Å². The Balaban J connectivity index is 1.68. The molecular formula is C24H45BN2O5S. The van der Waals surface area contributed by atoms with Gasteiger partial charge in [-0.1, -0.05) is 47.0 Å². The van der Waals surface area contributed by atoms with Gasteiger partial charge in [0.15, 0.2) is 7.98 Å². The van der Waals surface area contributed by atoms with E-state index in [2.05, 4.69) is 17.1 Å². The fraction of sp³-hybridized carbons (Fsp3) is 0.958. The van der Waals surface area contributed by atoms with E-state index in [1.54, 1.807) is 0 Å². The molecule has 6 unspecified atom stereocenters. The van der Waals surface area contributed by atoms with Crippen molar-refractivity contribution < 1.29 is 24.5 Å². The molecule has 3 heterocycles. The Morgan fingerprint density at radius 2 is 2.00 bits per heavy atom. The van der Waals surface area contributed by atoms with Gasteiger partial charge in [0.1, 0.15) is 17.6 Å². The molecule has 3 fully saturated rings. The van der Waals surface area contributed by atoms with Crippen molar-refractivity contribution in [2.24, 2.45) is 17.8 Å². The summed E-state index contributed by atoms with van der Waals surface area (Å²) in [6.45, 7) is 9.93. The predicted octanol–water partition coefficient (Wildman–Crippen LogP) is 1.55. The molecule has 9 atom stereocenters. The first kappa shape index (κ1) is 27.3. The van der Waals surface area contributed by atoms with Crippen molar-refractivity contribution in [3.63, 3.8) is 0 Å². The minimum Gasteiger partial charge on any atom is -0.390 e. The molecule has 0 aliphatic carbocycles. The largest absolute Gasteiger partial charge is 0.390 e. The molecule has 3 saturated heterocycles. The summed E-state index contributed by atoms with van der Waals surface area (Å²) >= 11 is 1.54. The van der Waals surface area contributed by atoms with Crippen LogP contribution in [-0.4, -0.2) is 89.8 Å². The fourth-order valence-corrected chi connectivity index (χ4v) is 6.77. The molecule has 0 spiro atoms. The second-order valence-corrected chi connectivity index (χ2v) is 12.0. The molecule has 3 rings (SSSR count). The van der Waals surface area contributed by atoms with Crippen LogP contribution >= 0.6 is 11.8 Å². The minimum atomic E-state index is -0.816. The van der Waals surface area contributed by atoms with E-state index in [1.165, 1.54) is 31.0 Å². The van der Waals surface area contributed by atoms with Crippen molar-refractivity contribution >= 4 is 25.7 Å². The number of nitrogens with zero attached hydrogens (tertiary/aromatic N) is 1. The van der Waals surface area contributed by atoms with E-state index >= 15 is 0 Å². The van der Waals surface area contributed by atoms with Gasteiger partial charge in [0.05, 0.1) is 24.4 Å². The number of rotatable bonds is 9. The first-order valence-electron chi connectivity index (χ1n) is 13.0. The normalized spacial score (nSPS) is 38.6. The summed E-state index contributed by atoms with van der Waals surface area (Å²) in [6.07, 6.45) is 4.05. The van der Waals surface area contributed by atoms with E-state index in [0.717, 1.165) is 31.7 Å². The number of thioether (sulfide) groups is 1. The summed E-state index contributed by atoms with van der Waals surface area (Å²) in [6, 6.07) is -0.663. The number of carbonyl (C=O) groups is 1. The van der Waals surface area contributed by atoms with Crippen molar-refractivity contribution in [3.8, 4) is 0 Å². The maximum absolute atomic E-state index is 13.6. The molecule has 33 heavy (non-hydrogen) atoms. The highest BCUT2D eigenvalue weighted by molar-refractivity contribution is 7.99. The Morgan fingerprint density at radius 1 is 1.24 bits per heavy atom. The third kappa shape index (κ3) is 6.67. The molecule has 0 radical (unpaired) electrons. The fourth-order valence-electron chi connectivity index (χ4n) is 5.90. The van der Waals surface area contributed by atoms with Crippen molar-refractivity contribution in [1.29, 1.82) is 0 Å². The van der Waals surface area contributed by atoms with Gasteiger partial charge in [-0.2, -0.15) is 0 Å². The first-order chi connectivity index (χ1) is 15.8. The van der Waals surface area contributed by atoms with Crippen LogP contribution in [0.1, 0.15) is 66.2 Å². The van der Waals surface area contributed by atoms with E-state index in [4.69, 9.17) is 9.47 Å². The zero-order valence-corrected chi connectivity index (χ0v) is 21.9. The summed E-state index contributed by atoms with van der Waals surface area (Å²) in [5.74, 6) is 1.91. The lowest BCUT2D eigenvalue weighted by molar-refractivity contribution is -0.157. The summed E-state index contributed by atoms with van der Waals surface area (Å²) in [5.41, 5.74) is -0.384. The second-order valence-electron chi connectivity index (χ2n) is 10.6. The molecule has 7 nitrogen and oxygen atoms in total. The number of fused-ring (bicyclic) bond motifs is 1. The Bertz CT molecular complexity index is 630. The average molecular weight is 485 g/mol. The number of unbranched alkanes of at least 4 members (excludes halogenated alkanes) is 1. The quantitative estimate of drug-likeness (QED) is 0.428. The van der Waals surface area contributed by atoms with Crippen molar-refractivity contribution in [2.45, 2.75) is 108 Å². The third-order valence-corrected chi connectivity index (χ3v) is 8.75. The van der Waals surface area contributed by atoms with Gasteiger partial charge < -0.3 is 29.8 Å². The molecule has 0 aromatic heterocycles. The Hall–Kier alpha value is -0.315. The van der Waals surface area contributed by atoms with Crippen LogP contribution in [-0.2, 0) is 14.3 Å². The summed E-state index contributed by atoms with van der Waals surface area (Å²) in [7, 11) is 2.02. The summed E-state index contributed by atoms with van der Waals surface area (Å²) in [5, 5.41) is 24.3. The van der Waals surface area contributed by atoms with Crippen LogP contribution < -0.4 is 5.32 Å². The van der Waals surface area contributed by atoms with Gasteiger partial charge >= 0.3 is 0 Å². The lowest BCUT2D eigenvalue weighted by Crippen LogP contribution is -2.60. The van der Waals surface area contributed by atoms with Gasteiger partial charge in [-0.15, -0.1) is 11.8 Å². The SMILES string of the molecule is BN1CC2C[C@H](CCCC)CCO[C@H]2[C@H]1C(=O)NC(C(C)C)C1OC(SCC)C(O)CC1O. The summed E-state index contributed by atoms with van der Waals surface area (Å²) in [4.78, 5) is 15.7. The van der Waals surface area contributed by atoms with E-state index < -0.39 is 18.3 Å². The molecule has 3 aliphatic rings. The molecule has 0 aromatic rings. The highest BCUT2D eigenvalue weighted by Crippen LogP contribution is 2.36. The topological polar surface area (TPSA) is 91.3 Å². The molecular weight excluding hydrogens is 439 g/mol. The Labute approximate surface area is 205 Å². The van der Waals surface area contributed by atoms with Gasteiger partial charge in [0.2, 0.25) is 5.91 Å². The number of aliphatic hydroxyl groups is 2. The van der Waals surface area contributed by atoms with Crippen molar-refractivity contribution in [3.05, 3.63) is 0 Å². The molecule has 3 N–H and O–H groups in total. The standard InChI is InChI=1S/C24H45BN2O5S/c1-5-7-8-15-9-10-31-21-16(11-15)13-27(25)20(21)23(30)26-19(14(3)4)22-17(28)12-18(29)24(32-22)33-6-2/h14-22,24,28-29H,5-13,25H2,1-4H3,(H,26,30)/t15-,16?,17?,18?,19?,20+,21-,22?,24?/m1/s1. The first-order valence-corrected chi connectivity index (χ1v) is 14.1. The summed E-state index contributed by atoms with van der Waals surface area (Å²) < 4.78 is 12.4. The van der Waals surface area contributed by atoms with E-state index in [0.29, 0.717) is 11.8 Å². The number of aliphatic hydroxyl groups excluding tert-OH is 2. The van der Waals surface area contributed by atoms with Crippen molar-refractivity contribution in [1.82, 2.24) is 10.1 Å².